The van der Waals surface area contributed by atoms with E-state index in [1.165, 1.54) is 0 Å². The second kappa shape index (κ2) is 3.14. The maximum atomic E-state index is 4.06. The summed E-state index contributed by atoms with van der Waals surface area (Å²) in [7, 11) is 5.52. The SMILES string of the molecule is CNc1cnn(NC)c1NC. The molecule has 0 saturated heterocycles. The Balaban J connectivity index is 2.99. The van der Waals surface area contributed by atoms with E-state index in [0.29, 0.717) is 0 Å². The Bertz CT molecular complexity index is 207. The average molecular weight is 155 g/mol. The van der Waals surface area contributed by atoms with Crippen LogP contribution in [0.2, 0.25) is 0 Å². The lowest BCUT2D eigenvalue weighted by molar-refractivity contribution is 0.789. The first-order valence-electron chi connectivity index (χ1n) is 3.44. The van der Waals surface area contributed by atoms with Gasteiger partial charge in [0.15, 0.2) is 5.82 Å². The van der Waals surface area contributed by atoms with E-state index in [4.69, 9.17) is 0 Å². The smallest absolute Gasteiger partial charge is 0.170 e. The van der Waals surface area contributed by atoms with Gasteiger partial charge in [-0.15, -0.1) is 0 Å². The van der Waals surface area contributed by atoms with Crippen LogP contribution >= 0.6 is 0 Å². The average Bonchev–Trinajstić information content (AvgIpc) is 2.45. The summed E-state index contributed by atoms with van der Waals surface area (Å²) in [5.41, 5.74) is 3.88. The number of rotatable bonds is 3. The van der Waals surface area contributed by atoms with Crippen LogP contribution in [-0.4, -0.2) is 31.0 Å². The minimum absolute atomic E-state index is 0.926. The van der Waals surface area contributed by atoms with Crippen LogP contribution in [0, 0.1) is 0 Å². The molecular formula is C6H13N5. The van der Waals surface area contributed by atoms with E-state index in [-0.39, 0.29) is 0 Å². The fourth-order valence-corrected chi connectivity index (χ4v) is 0.942. The van der Waals surface area contributed by atoms with Gasteiger partial charge in [-0.3, -0.25) is 0 Å². The van der Waals surface area contributed by atoms with Crippen LogP contribution in [0.15, 0.2) is 6.20 Å². The molecule has 0 aliphatic heterocycles. The molecule has 3 N–H and O–H groups in total. The van der Waals surface area contributed by atoms with Gasteiger partial charge in [-0.25, -0.2) is 0 Å². The van der Waals surface area contributed by atoms with E-state index in [1.54, 1.807) is 11.0 Å². The Morgan fingerprint density at radius 2 is 2.00 bits per heavy atom. The molecule has 0 aromatic carbocycles. The van der Waals surface area contributed by atoms with Gasteiger partial charge in [0.2, 0.25) is 0 Å². The first-order chi connectivity index (χ1) is 5.33. The molecule has 0 amide bonds. The van der Waals surface area contributed by atoms with Crippen molar-refractivity contribution in [2.75, 3.05) is 37.2 Å². The van der Waals surface area contributed by atoms with Gasteiger partial charge in [-0.1, -0.05) is 0 Å². The Kier molecular flexibility index (Phi) is 2.20. The van der Waals surface area contributed by atoms with Crippen LogP contribution in [0.5, 0.6) is 0 Å². The summed E-state index contributed by atoms with van der Waals surface area (Å²) in [5.74, 6) is 0.926. The van der Waals surface area contributed by atoms with Crippen molar-refractivity contribution in [3.63, 3.8) is 0 Å². The van der Waals surface area contributed by atoms with Gasteiger partial charge in [0, 0.05) is 21.1 Å². The summed E-state index contributed by atoms with van der Waals surface area (Å²) in [6.07, 6.45) is 1.75. The number of nitrogens with one attached hydrogen (secondary N) is 3. The Labute approximate surface area is 65.8 Å². The molecule has 0 unspecified atom stereocenters. The highest BCUT2D eigenvalue weighted by atomic mass is 15.6. The van der Waals surface area contributed by atoms with Crippen LogP contribution in [-0.2, 0) is 0 Å². The molecule has 0 fully saturated rings. The highest BCUT2D eigenvalue weighted by molar-refractivity contribution is 5.63. The molecule has 1 rings (SSSR count). The predicted octanol–water partition coefficient (Wildman–Crippen LogP) is 0.140. The lowest BCUT2D eigenvalue weighted by Crippen LogP contribution is -2.13. The maximum Gasteiger partial charge on any atom is 0.170 e. The highest BCUT2D eigenvalue weighted by Crippen LogP contribution is 2.17. The molecule has 5 heteroatoms. The predicted molar refractivity (Wildman–Crippen MR) is 46.6 cm³/mol. The molecular weight excluding hydrogens is 142 g/mol. The van der Waals surface area contributed by atoms with Gasteiger partial charge in [0.1, 0.15) is 0 Å². The summed E-state index contributed by atoms with van der Waals surface area (Å²) in [5, 5.41) is 10.1. The Hall–Kier alpha value is -1.39. The lowest BCUT2D eigenvalue weighted by Gasteiger charge is -2.06. The topological polar surface area (TPSA) is 53.9 Å². The lowest BCUT2D eigenvalue weighted by atomic mass is 10.5. The zero-order valence-corrected chi connectivity index (χ0v) is 6.97. The van der Waals surface area contributed by atoms with E-state index >= 15 is 0 Å². The van der Waals surface area contributed by atoms with Gasteiger partial charge in [0.05, 0.1) is 11.9 Å². The third-order valence-corrected chi connectivity index (χ3v) is 1.49. The molecule has 1 heterocycles. The molecule has 0 spiro atoms. The van der Waals surface area contributed by atoms with E-state index in [0.717, 1.165) is 11.5 Å². The first-order valence-corrected chi connectivity index (χ1v) is 3.44. The third kappa shape index (κ3) is 1.21. The molecule has 0 bridgehead atoms. The van der Waals surface area contributed by atoms with Gasteiger partial charge >= 0.3 is 0 Å². The number of hydrogen-bond donors (Lipinski definition) is 3. The largest absolute Gasteiger partial charge is 0.384 e. The monoisotopic (exact) mass is 155 g/mol. The van der Waals surface area contributed by atoms with Crippen molar-refractivity contribution in [3.05, 3.63) is 6.20 Å². The second-order valence-corrected chi connectivity index (χ2v) is 2.04. The van der Waals surface area contributed by atoms with Crippen molar-refractivity contribution in [2.45, 2.75) is 0 Å². The summed E-state index contributed by atoms with van der Waals surface area (Å²) in [4.78, 5) is 1.66. The van der Waals surface area contributed by atoms with Crippen molar-refractivity contribution in [1.29, 1.82) is 0 Å². The molecule has 5 nitrogen and oxygen atoms in total. The maximum absolute atomic E-state index is 4.06. The van der Waals surface area contributed by atoms with E-state index in [1.807, 2.05) is 21.1 Å². The van der Waals surface area contributed by atoms with E-state index in [9.17, 15) is 0 Å². The molecule has 62 valence electrons. The van der Waals surface area contributed by atoms with Gasteiger partial charge in [-0.2, -0.15) is 9.89 Å². The quantitative estimate of drug-likeness (QED) is 0.581. The normalized spacial score (nSPS) is 9.36. The number of nitrogens with zero attached hydrogens (tertiary/aromatic N) is 2. The Morgan fingerprint density at radius 3 is 2.45 bits per heavy atom. The van der Waals surface area contributed by atoms with Crippen LogP contribution in [0.4, 0.5) is 11.5 Å². The van der Waals surface area contributed by atoms with Crippen molar-refractivity contribution in [2.24, 2.45) is 0 Å². The highest BCUT2D eigenvalue weighted by Gasteiger charge is 2.04. The van der Waals surface area contributed by atoms with Crippen molar-refractivity contribution in [1.82, 2.24) is 9.89 Å². The minimum Gasteiger partial charge on any atom is -0.384 e. The standard InChI is InChI=1S/C6H13N5/c1-7-5-4-10-11(9-3)6(5)8-2/h4,7-9H,1-3H3. The first kappa shape index (κ1) is 7.71. The summed E-state index contributed by atoms with van der Waals surface area (Å²) < 4.78 is 0. The zero-order valence-electron chi connectivity index (χ0n) is 6.97. The fourth-order valence-electron chi connectivity index (χ4n) is 0.942. The molecule has 0 saturated carbocycles. The van der Waals surface area contributed by atoms with Crippen molar-refractivity contribution >= 4 is 11.5 Å². The molecule has 1 aromatic rings. The second-order valence-electron chi connectivity index (χ2n) is 2.04. The molecule has 0 aliphatic rings. The summed E-state index contributed by atoms with van der Waals surface area (Å²) in [6, 6.07) is 0. The van der Waals surface area contributed by atoms with Gasteiger partial charge in [-0.05, 0) is 0 Å². The molecule has 1 aromatic heterocycles. The fraction of sp³-hybridized carbons (Fsp3) is 0.500. The van der Waals surface area contributed by atoms with Crippen molar-refractivity contribution < 1.29 is 0 Å². The van der Waals surface area contributed by atoms with E-state index < -0.39 is 0 Å². The molecule has 11 heavy (non-hydrogen) atoms. The third-order valence-electron chi connectivity index (χ3n) is 1.49. The van der Waals surface area contributed by atoms with Crippen LogP contribution in [0.25, 0.3) is 0 Å². The Morgan fingerprint density at radius 1 is 1.27 bits per heavy atom. The number of anilines is 2. The minimum atomic E-state index is 0.926. The molecule has 0 atom stereocenters. The van der Waals surface area contributed by atoms with E-state index in [2.05, 4.69) is 21.2 Å². The van der Waals surface area contributed by atoms with Crippen LogP contribution < -0.4 is 16.1 Å². The van der Waals surface area contributed by atoms with Crippen LogP contribution in [0.3, 0.4) is 0 Å². The number of aromatic nitrogens is 2. The van der Waals surface area contributed by atoms with Crippen molar-refractivity contribution in [3.8, 4) is 0 Å². The zero-order chi connectivity index (χ0) is 8.27. The van der Waals surface area contributed by atoms with Gasteiger partial charge < -0.3 is 16.1 Å². The summed E-state index contributed by atoms with van der Waals surface area (Å²) >= 11 is 0. The van der Waals surface area contributed by atoms with Gasteiger partial charge in [0.25, 0.3) is 0 Å². The summed E-state index contributed by atoms with van der Waals surface area (Å²) in [6.45, 7) is 0. The molecule has 0 aliphatic carbocycles. The number of hydrogen-bond acceptors (Lipinski definition) is 4. The van der Waals surface area contributed by atoms with Crippen LogP contribution in [0.1, 0.15) is 0 Å². The molecule has 0 radical (unpaired) electrons.